The van der Waals surface area contributed by atoms with Crippen LogP contribution in [0.5, 0.6) is 0 Å². The summed E-state index contributed by atoms with van der Waals surface area (Å²) >= 11 is 0. The van der Waals surface area contributed by atoms with Gasteiger partial charge in [-0.25, -0.2) is 0 Å². The molecule has 0 radical (unpaired) electrons. The molecule has 1 aliphatic rings. The number of rotatable bonds is 3. The minimum atomic E-state index is -0.834. The molecule has 0 unspecified atom stereocenters. The fourth-order valence-electron chi connectivity index (χ4n) is 1.21. The zero-order chi connectivity index (χ0) is 8.32. The first kappa shape index (κ1) is 8.02. The van der Waals surface area contributed by atoms with E-state index in [4.69, 9.17) is 10.4 Å². The minimum absolute atomic E-state index is 0.117. The third-order valence-electron chi connectivity index (χ3n) is 2.12. The van der Waals surface area contributed by atoms with E-state index in [1.165, 1.54) is 0 Å². The largest absolute Gasteiger partial charge is 0.480 e. The lowest BCUT2D eigenvalue weighted by Crippen LogP contribution is -2.57. The summed E-state index contributed by atoms with van der Waals surface area (Å²) in [5.41, 5.74) is -0.782. The van der Waals surface area contributed by atoms with Crippen molar-refractivity contribution >= 4 is 5.97 Å². The number of nitriles is 1. The van der Waals surface area contributed by atoms with Gasteiger partial charge < -0.3 is 5.11 Å². The van der Waals surface area contributed by atoms with Gasteiger partial charge in [-0.15, -0.1) is 0 Å². The van der Waals surface area contributed by atoms with Crippen molar-refractivity contribution in [1.29, 1.82) is 5.26 Å². The van der Waals surface area contributed by atoms with Gasteiger partial charge in [-0.2, -0.15) is 5.26 Å². The minimum Gasteiger partial charge on any atom is -0.480 e. The van der Waals surface area contributed by atoms with Crippen molar-refractivity contribution in [3.05, 3.63) is 0 Å². The van der Waals surface area contributed by atoms with Crippen molar-refractivity contribution in [3.8, 4) is 6.07 Å². The van der Waals surface area contributed by atoms with Gasteiger partial charge in [-0.05, 0) is 19.3 Å². The Hall–Kier alpha value is -1.08. The van der Waals surface area contributed by atoms with E-state index < -0.39 is 11.5 Å². The van der Waals surface area contributed by atoms with Crippen molar-refractivity contribution in [3.63, 3.8) is 0 Å². The molecule has 60 valence electrons. The normalized spacial score (nSPS) is 19.9. The van der Waals surface area contributed by atoms with E-state index in [9.17, 15) is 4.79 Å². The number of carboxylic acid groups (broad SMARTS) is 1. The van der Waals surface area contributed by atoms with Crippen LogP contribution in [0.3, 0.4) is 0 Å². The molecule has 0 heterocycles. The Balaban J connectivity index is 2.48. The molecule has 0 atom stereocenters. The Kier molecular flexibility index (Phi) is 2.11. The van der Waals surface area contributed by atoms with Crippen LogP contribution < -0.4 is 5.32 Å². The summed E-state index contributed by atoms with van der Waals surface area (Å²) in [4.78, 5) is 10.6. The fraction of sp³-hybridized carbons (Fsp3) is 0.714. The average molecular weight is 154 g/mol. The Morgan fingerprint density at radius 3 is 2.64 bits per heavy atom. The van der Waals surface area contributed by atoms with Crippen LogP contribution in [-0.2, 0) is 4.79 Å². The molecule has 1 aliphatic carbocycles. The summed E-state index contributed by atoms with van der Waals surface area (Å²) in [6.45, 7) is 0.117. The number of carbonyl (C=O) groups is 1. The smallest absolute Gasteiger partial charge is 0.323 e. The van der Waals surface area contributed by atoms with Crippen LogP contribution >= 0.6 is 0 Å². The van der Waals surface area contributed by atoms with Crippen LogP contribution in [-0.4, -0.2) is 23.2 Å². The number of aliphatic carboxylic acids is 1. The molecule has 0 bridgehead atoms. The highest BCUT2D eigenvalue weighted by Gasteiger charge is 2.43. The Labute approximate surface area is 64.8 Å². The molecule has 1 rings (SSSR count). The monoisotopic (exact) mass is 154 g/mol. The first-order chi connectivity index (χ1) is 5.21. The van der Waals surface area contributed by atoms with E-state index in [1.54, 1.807) is 0 Å². The van der Waals surface area contributed by atoms with Crippen LogP contribution in [0.25, 0.3) is 0 Å². The van der Waals surface area contributed by atoms with Crippen molar-refractivity contribution < 1.29 is 9.90 Å². The summed E-state index contributed by atoms with van der Waals surface area (Å²) in [5.74, 6) is -0.834. The zero-order valence-corrected chi connectivity index (χ0v) is 6.13. The molecule has 2 N–H and O–H groups in total. The van der Waals surface area contributed by atoms with Gasteiger partial charge in [0.05, 0.1) is 12.6 Å². The van der Waals surface area contributed by atoms with Gasteiger partial charge in [-0.3, -0.25) is 10.1 Å². The summed E-state index contributed by atoms with van der Waals surface area (Å²) in [6.07, 6.45) is 2.22. The molecule has 0 aromatic heterocycles. The van der Waals surface area contributed by atoms with Crippen molar-refractivity contribution in [2.45, 2.75) is 24.8 Å². The molecule has 1 fully saturated rings. The van der Waals surface area contributed by atoms with Gasteiger partial charge in [0.2, 0.25) is 0 Å². The molecule has 0 aromatic carbocycles. The molecule has 0 amide bonds. The second-order valence-corrected chi connectivity index (χ2v) is 2.75. The fourth-order valence-corrected chi connectivity index (χ4v) is 1.21. The van der Waals surface area contributed by atoms with Crippen LogP contribution in [0.1, 0.15) is 19.3 Å². The van der Waals surface area contributed by atoms with Crippen LogP contribution in [0.15, 0.2) is 0 Å². The summed E-state index contributed by atoms with van der Waals surface area (Å²) in [7, 11) is 0. The van der Waals surface area contributed by atoms with Crippen molar-refractivity contribution in [2.24, 2.45) is 0 Å². The topological polar surface area (TPSA) is 73.1 Å². The standard InChI is InChI=1S/C7H10N2O2/c8-4-5-9-7(6(10)11)2-1-3-7/h9H,1-3,5H2,(H,10,11). The quantitative estimate of drug-likeness (QED) is 0.566. The lowest BCUT2D eigenvalue weighted by atomic mass is 9.77. The molecule has 11 heavy (non-hydrogen) atoms. The number of nitrogens with zero attached hydrogens (tertiary/aromatic N) is 1. The lowest BCUT2D eigenvalue weighted by molar-refractivity contribution is -0.148. The predicted octanol–water partition coefficient (Wildman–Crippen LogP) is 0.107. The Morgan fingerprint density at radius 1 is 1.73 bits per heavy atom. The van der Waals surface area contributed by atoms with Crippen LogP contribution in [0, 0.1) is 11.3 Å². The van der Waals surface area contributed by atoms with Gasteiger partial charge in [0.15, 0.2) is 0 Å². The lowest BCUT2D eigenvalue weighted by Gasteiger charge is -2.37. The van der Waals surface area contributed by atoms with Crippen LogP contribution in [0.4, 0.5) is 0 Å². The van der Waals surface area contributed by atoms with Gasteiger partial charge >= 0.3 is 5.97 Å². The molecular weight excluding hydrogens is 144 g/mol. The SMILES string of the molecule is N#CCNC1(C(=O)O)CCC1. The Bertz CT molecular complexity index is 203. The van der Waals surface area contributed by atoms with Gasteiger partial charge in [0.1, 0.15) is 5.54 Å². The summed E-state index contributed by atoms with van der Waals surface area (Å²) in [5, 5.41) is 19.7. The molecule has 4 heteroatoms. The van der Waals surface area contributed by atoms with Gasteiger partial charge in [0.25, 0.3) is 0 Å². The highest BCUT2D eigenvalue weighted by atomic mass is 16.4. The molecule has 0 saturated heterocycles. The maximum Gasteiger partial charge on any atom is 0.323 e. The maximum atomic E-state index is 10.6. The second kappa shape index (κ2) is 2.89. The van der Waals surface area contributed by atoms with E-state index in [2.05, 4.69) is 5.32 Å². The summed E-state index contributed by atoms with van der Waals surface area (Å²) in [6, 6.07) is 1.87. The molecule has 1 saturated carbocycles. The van der Waals surface area contributed by atoms with E-state index in [0.717, 1.165) is 6.42 Å². The molecular formula is C7H10N2O2. The molecule has 0 aromatic rings. The zero-order valence-electron chi connectivity index (χ0n) is 6.13. The average Bonchev–Trinajstić information content (AvgIpc) is 1.85. The highest BCUT2D eigenvalue weighted by molar-refractivity contribution is 5.80. The number of nitrogens with one attached hydrogen (secondary N) is 1. The molecule has 0 aliphatic heterocycles. The first-order valence-corrected chi connectivity index (χ1v) is 3.57. The number of hydrogen-bond donors (Lipinski definition) is 2. The first-order valence-electron chi connectivity index (χ1n) is 3.57. The Morgan fingerprint density at radius 2 is 2.36 bits per heavy atom. The maximum absolute atomic E-state index is 10.6. The highest BCUT2D eigenvalue weighted by Crippen LogP contribution is 2.31. The van der Waals surface area contributed by atoms with Gasteiger partial charge in [-0.1, -0.05) is 0 Å². The van der Waals surface area contributed by atoms with E-state index >= 15 is 0 Å². The molecule has 4 nitrogen and oxygen atoms in total. The summed E-state index contributed by atoms with van der Waals surface area (Å²) < 4.78 is 0. The molecule has 0 spiro atoms. The third-order valence-corrected chi connectivity index (χ3v) is 2.12. The third kappa shape index (κ3) is 1.33. The van der Waals surface area contributed by atoms with E-state index in [0.29, 0.717) is 12.8 Å². The van der Waals surface area contributed by atoms with Crippen molar-refractivity contribution in [2.75, 3.05) is 6.54 Å². The second-order valence-electron chi connectivity index (χ2n) is 2.75. The number of hydrogen-bond acceptors (Lipinski definition) is 3. The van der Waals surface area contributed by atoms with Gasteiger partial charge in [0, 0.05) is 0 Å². The predicted molar refractivity (Wildman–Crippen MR) is 37.8 cm³/mol. The van der Waals surface area contributed by atoms with E-state index in [-0.39, 0.29) is 6.54 Å². The van der Waals surface area contributed by atoms with E-state index in [1.807, 2.05) is 6.07 Å². The van der Waals surface area contributed by atoms with Crippen molar-refractivity contribution in [1.82, 2.24) is 5.32 Å². The van der Waals surface area contributed by atoms with Crippen LogP contribution in [0.2, 0.25) is 0 Å². The number of carboxylic acids is 1.